The molecular weight excluding hydrogens is 348 g/mol. The number of aryl methyl sites for hydroxylation is 1. The molecule has 0 aromatic carbocycles. The number of esters is 1. The van der Waals surface area contributed by atoms with Crippen LogP contribution in [-0.4, -0.2) is 59.4 Å². The summed E-state index contributed by atoms with van der Waals surface area (Å²) in [6.45, 7) is 10.1. The minimum Gasteiger partial charge on any atom is -0.461 e. The van der Waals surface area contributed by atoms with Gasteiger partial charge in [-0.25, -0.2) is 4.79 Å². The number of hydrogen-bond acceptors (Lipinski definition) is 5. The number of aromatic amines is 1. The van der Waals surface area contributed by atoms with Gasteiger partial charge in [-0.1, -0.05) is 6.92 Å². The summed E-state index contributed by atoms with van der Waals surface area (Å²) in [5.74, 6) is -0.745. The maximum Gasteiger partial charge on any atom is 0.355 e. The molecule has 1 aromatic heterocycles. The van der Waals surface area contributed by atoms with Crippen LogP contribution in [0.5, 0.6) is 0 Å². The van der Waals surface area contributed by atoms with Crippen LogP contribution in [0.1, 0.15) is 72.1 Å². The van der Waals surface area contributed by atoms with E-state index >= 15 is 0 Å². The molecule has 1 aliphatic rings. The summed E-state index contributed by atoms with van der Waals surface area (Å²) < 4.78 is 10.7. The molecule has 1 aromatic rings. The molecule has 0 unspecified atom stereocenters. The topological polar surface area (TPSA) is 88.7 Å². The number of ketones is 1. The molecule has 7 nitrogen and oxygen atoms in total. The summed E-state index contributed by atoms with van der Waals surface area (Å²) >= 11 is 0. The highest BCUT2D eigenvalue weighted by atomic mass is 16.5. The van der Waals surface area contributed by atoms with Crippen molar-refractivity contribution >= 4 is 17.7 Å². The Morgan fingerprint density at radius 1 is 1.30 bits per heavy atom. The Morgan fingerprint density at radius 3 is 2.56 bits per heavy atom. The van der Waals surface area contributed by atoms with E-state index in [1.54, 1.807) is 39.5 Å². The predicted molar refractivity (Wildman–Crippen MR) is 101 cm³/mol. The maximum atomic E-state index is 13.2. The number of amides is 1. The fourth-order valence-electron chi connectivity index (χ4n) is 3.56. The predicted octanol–water partition coefficient (Wildman–Crippen LogP) is 2.80. The number of Topliss-reactive ketones (excluding diaryl/α,β-unsaturated/α-hetero) is 1. The van der Waals surface area contributed by atoms with Crippen molar-refractivity contribution in [2.24, 2.45) is 0 Å². The quantitative estimate of drug-likeness (QED) is 0.555. The van der Waals surface area contributed by atoms with Crippen LogP contribution in [0.4, 0.5) is 0 Å². The van der Waals surface area contributed by atoms with Crippen LogP contribution in [0, 0.1) is 13.8 Å². The average Bonchev–Trinajstić information content (AvgIpc) is 3.25. The van der Waals surface area contributed by atoms with Crippen LogP contribution in [0.15, 0.2) is 0 Å². The Labute approximate surface area is 160 Å². The van der Waals surface area contributed by atoms with Crippen molar-refractivity contribution in [3.8, 4) is 0 Å². The van der Waals surface area contributed by atoms with Gasteiger partial charge >= 0.3 is 5.97 Å². The van der Waals surface area contributed by atoms with E-state index in [-0.39, 0.29) is 30.1 Å². The first-order valence-electron chi connectivity index (χ1n) is 9.63. The smallest absolute Gasteiger partial charge is 0.355 e. The summed E-state index contributed by atoms with van der Waals surface area (Å²) in [5.41, 5.74) is 1.90. The third-order valence-corrected chi connectivity index (χ3v) is 5.06. The molecule has 0 spiro atoms. The van der Waals surface area contributed by atoms with Crippen LogP contribution in [0.2, 0.25) is 0 Å². The standard InChI is InChI=1S/C20H30N2O5/c1-6-16(23)22(11-15-9-8-10-27-15)14(5)19(24)17-12(3)18(21-13(17)4)20(25)26-7-2/h14-15,21H,6-11H2,1-5H3/t14-,15+/m0/s1. The van der Waals surface area contributed by atoms with Gasteiger partial charge in [-0.15, -0.1) is 0 Å². The first-order chi connectivity index (χ1) is 12.8. The number of H-pyrrole nitrogens is 1. The molecule has 1 aliphatic heterocycles. The molecular formula is C20H30N2O5. The van der Waals surface area contributed by atoms with Crippen molar-refractivity contribution in [3.63, 3.8) is 0 Å². The number of aromatic nitrogens is 1. The van der Waals surface area contributed by atoms with E-state index in [0.29, 0.717) is 36.4 Å². The van der Waals surface area contributed by atoms with Crippen LogP contribution in [-0.2, 0) is 14.3 Å². The number of ether oxygens (including phenoxy) is 2. The van der Waals surface area contributed by atoms with E-state index in [4.69, 9.17) is 9.47 Å². The van der Waals surface area contributed by atoms with Gasteiger partial charge in [0, 0.05) is 30.8 Å². The number of rotatable bonds is 8. The summed E-state index contributed by atoms with van der Waals surface area (Å²) in [6.07, 6.45) is 2.16. The fraction of sp³-hybridized carbons (Fsp3) is 0.650. The number of hydrogen-bond donors (Lipinski definition) is 1. The van der Waals surface area contributed by atoms with Gasteiger partial charge in [0.05, 0.1) is 18.8 Å². The van der Waals surface area contributed by atoms with Crippen molar-refractivity contribution in [1.29, 1.82) is 0 Å². The van der Waals surface area contributed by atoms with Crippen molar-refractivity contribution in [3.05, 3.63) is 22.5 Å². The first-order valence-corrected chi connectivity index (χ1v) is 9.63. The third kappa shape index (κ3) is 4.58. The number of carbonyl (C=O) groups excluding carboxylic acids is 3. The highest BCUT2D eigenvalue weighted by molar-refractivity contribution is 6.06. The summed E-state index contributed by atoms with van der Waals surface area (Å²) in [7, 11) is 0. The largest absolute Gasteiger partial charge is 0.461 e. The van der Waals surface area contributed by atoms with Gasteiger partial charge in [0.25, 0.3) is 0 Å². The molecule has 0 aliphatic carbocycles. The lowest BCUT2D eigenvalue weighted by Crippen LogP contribution is -2.46. The first kappa shape index (κ1) is 21.2. The van der Waals surface area contributed by atoms with Crippen molar-refractivity contribution in [1.82, 2.24) is 9.88 Å². The Balaban J connectivity index is 2.27. The van der Waals surface area contributed by atoms with Crippen LogP contribution < -0.4 is 0 Å². The lowest BCUT2D eigenvalue weighted by Gasteiger charge is -2.30. The molecule has 2 rings (SSSR count). The number of carbonyl (C=O) groups is 3. The van der Waals surface area contributed by atoms with Gasteiger partial charge in [-0.2, -0.15) is 0 Å². The van der Waals surface area contributed by atoms with Gasteiger partial charge in [0.2, 0.25) is 5.91 Å². The molecule has 0 saturated carbocycles. The van der Waals surface area contributed by atoms with Gasteiger partial charge in [0.15, 0.2) is 5.78 Å². The second-order valence-electron chi connectivity index (χ2n) is 6.92. The van der Waals surface area contributed by atoms with Gasteiger partial charge < -0.3 is 19.4 Å². The molecule has 0 bridgehead atoms. The van der Waals surface area contributed by atoms with Crippen LogP contribution in [0.25, 0.3) is 0 Å². The van der Waals surface area contributed by atoms with Crippen molar-refractivity contribution < 1.29 is 23.9 Å². The van der Waals surface area contributed by atoms with E-state index in [1.165, 1.54) is 0 Å². The molecule has 2 atom stereocenters. The lowest BCUT2D eigenvalue weighted by atomic mass is 9.99. The average molecular weight is 378 g/mol. The molecule has 1 saturated heterocycles. The Morgan fingerprint density at radius 2 is 2.00 bits per heavy atom. The number of nitrogens with zero attached hydrogens (tertiary/aromatic N) is 1. The maximum absolute atomic E-state index is 13.2. The SMILES string of the molecule is CCOC(=O)c1[nH]c(C)c(C(=O)[C@H](C)N(C[C@H]2CCCO2)C(=O)CC)c1C. The molecule has 2 heterocycles. The third-order valence-electron chi connectivity index (χ3n) is 5.06. The zero-order chi connectivity index (χ0) is 20.1. The van der Waals surface area contributed by atoms with Crippen molar-refractivity contribution in [2.75, 3.05) is 19.8 Å². The lowest BCUT2D eigenvalue weighted by molar-refractivity contribution is -0.133. The second-order valence-corrected chi connectivity index (χ2v) is 6.92. The van der Waals surface area contributed by atoms with E-state index in [1.807, 2.05) is 0 Å². The monoisotopic (exact) mass is 378 g/mol. The van der Waals surface area contributed by atoms with Crippen LogP contribution >= 0.6 is 0 Å². The second kappa shape index (κ2) is 9.17. The minimum absolute atomic E-state index is 0.0285. The van der Waals surface area contributed by atoms with Gasteiger partial charge in [-0.3, -0.25) is 9.59 Å². The summed E-state index contributed by atoms with van der Waals surface area (Å²) in [4.78, 5) is 42.4. The Bertz CT molecular complexity index is 703. The Kier molecular flexibility index (Phi) is 7.18. The van der Waals surface area contributed by atoms with Crippen LogP contribution in [0.3, 0.4) is 0 Å². The minimum atomic E-state index is -0.634. The molecule has 0 radical (unpaired) electrons. The van der Waals surface area contributed by atoms with E-state index in [9.17, 15) is 14.4 Å². The fourth-order valence-corrected chi connectivity index (χ4v) is 3.56. The number of nitrogens with one attached hydrogen (secondary N) is 1. The summed E-state index contributed by atoms with van der Waals surface area (Å²) in [6, 6.07) is -0.634. The van der Waals surface area contributed by atoms with Crippen molar-refractivity contribution in [2.45, 2.75) is 66.0 Å². The molecule has 27 heavy (non-hydrogen) atoms. The molecule has 1 N–H and O–H groups in total. The Hall–Kier alpha value is -2.15. The molecule has 1 fully saturated rings. The van der Waals surface area contributed by atoms with Gasteiger partial charge in [-0.05, 0) is 46.1 Å². The van der Waals surface area contributed by atoms with E-state index in [0.717, 1.165) is 12.8 Å². The summed E-state index contributed by atoms with van der Waals surface area (Å²) in [5, 5.41) is 0. The highest BCUT2D eigenvalue weighted by Gasteiger charge is 2.32. The van der Waals surface area contributed by atoms with E-state index in [2.05, 4.69) is 4.98 Å². The zero-order valence-corrected chi connectivity index (χ0v) is 16.9. The molecule has 1 amide bonds. The highest BCUT2D eigenvalue weighted by Crippen LogP contribution is 2.23. The zero-order valence-electron chi connectivity index (χ0n) is 16.9. The van der Waals surface area contributed by atoms with E-state index < -0.39 is 12.0 Å². The van der Waals surface area contributed by atoms with Gasteiger partial charge in [0.1, 0.15) is 5.69 Å². The molecule has 150 valence electrons. The normalized spacial score (nSPS) is 17.6. The molecule has 7 heteroatoms.